The summed E-state index contributed by atoms with van der Waals surface area (Å²) in [7, 11) is 0. The zero-order chi connectivity index (χ0) is 20.8. The van der Waals surface area contributed by atoms with Crippen molar-refractivity contribution in [2.45, 2.75) is 90.7 Å². The maximum atomic E-state index is 13.2. The lowest BCUT2D eigenvalue weighted by Crippen LogP contribution is -2.58. The third-order valence-corrected chi connectivity index (χ3v) is 11.8. The maximum absolute atomic E-state index is 13.2. The Hall–Kier alpha value is -0.410. The summed E-state index contributed by atoms with van der Waals surface area (Å²) in [6.07, 6.45) is 10.3. The minimum absolute atomic E-state index is 0.135. The van der Waals surface area contributed by atoms with Gasteiger partial charge in [-0.1, -0.05) is 20.8 Å². The van der Waals surface area contributed by atoms with Crippen LogP contribution in [-0.2, 0) is 4.79 Å². The molecule has 2 heterocycles. The van der Waals surface area contributed by atoms with Crippen LogP contribution >= 0.6 is 0 Å². The van der Waals surface area contributed by atoms with Crippen molar-refractivity contribution in [2.75, 3.05) is 13.1 Å². The van der Waals surface area contributed by atoms with Gasteiger partial charge in [0, 0.05) is 31.5 Å². The number of rotatable bonds is 0. The molecule has 3 heteroatoms. The molecule has 6 aliphatic rings. The van der Waals surface area contributed by atoms with Crippen LogP contribution in [0.5, 0.6) is 0 Å². The highest BCUT2D eigenvalue weighted by Gasteiger charge is 2.62. The van der Waals surface area contributed by atoms with Crippen LogP contribution in [0.4, 0.5) is 0 Å². The summed E-state index contributed by atoms with van der Waals surface area (Å²) in [5.41, 5.74) is 0.161. The molecule has 0 spiro atoms. The zero-order valence-electron chi connectivity index (χ0n) is 19.4. The summed E-state index contributed by atoms with van der Waals surface area (Å²) < 4.78 is 0. The van der Waals surface area contributed by atoms with Crippen molar-refractivity contribution in [3.05, 3.63) is 0 Å². The van der Waals surface area contributed by atoms with Crippen LogP contribution in [0.1, 0.15) is 78.6 Å². The lowest BCUT2D eigenvalue weighted by molar-refractivity contribution is -0.145. The summed E-state index contributed by atoms with van der Waals surface area (Å²) in [6.45, 7) is 10.1. The first-order valence-corrected chi connectivity index (χ1v) is 13.3. The van der Waals surface area contributed by atoms with Crippen molar-refractivity contribution in [2.24, 2.45) is 58.7 Å². The van der Waals surface area contributed by atoms with E-state index in [1.54, 1.807) is 0 Å². The fraction of sp³-hybridized carbons (Fsp3) is 0.963. The molecule has 0 aromatic rings. The fourth-order valence-electron chi connectivity index (χ4n) is 10.3. The number of carbonyl (C=O) groups is 1. The monoisotopic (exact) mass is 413 g/mol. The molecule has 6 rings (SSSR count). The molecule has 0 aromatic heterocycles. The quantitative estimate of drug-likeness (QED) is 0.622. The van der Waals surface area contributed by atoms with E-state index in [1.165, 1.54) is 45.2 Å². The summed E-state index contributed by atoms with van der Waals surface area (Å²) in [4.78, 5) is 16.1. The number of ketones is 1. The molecule has 0 radical (unpaired) electrons. The van der Waals surface area contributed by atoms with E-state index in [0.29, 0.717) is 11.7 Å². The minimum atomic E-state index is -0.242. The first-order chi connectivity index (χ1) is 14.4. The first kappa shape index (κ1) is 20.2. The zero-order valence-corrected chi connectivity index (χ0v) is 19.4. The topological polar surface area (TPSA) is 40.5 Å². The van der Waals surface area contributed by atoms with Crippen molar-refractivity contribution in [1.82, 2.24) is 4.90 Å². The van der Waals surface area contributed by atoms with Crippen LogP contribution in [0.25, 0.3) is 0 Å². The van der Waals surface area contributed by atoms with Crippen molar-refractivity contribution < 1.29 is 9.90 Å². The van der Waals surface area contributed by atoms with Gasteiger partial charge in [-0.2, -0.15) is 0 Å². The second-order valence-corrected chi connectivity index (χ2v) is 13.0. The second kappa shape index (κ2) is 7.04. The number of aliphatic hydroxyl groups excluding tert-OH is 1. The Morgan fingerprint density at radius 2 is 1.70 bits per heavy atom. The molecule has 168 valence electrons. The number of hydrogen-bond donors (Lipinski definition) is 1. The summed E-state index contributed by atoms with van der Waals surface area (Å²) in [5.74, 6) is 7.19. The molecule has 30 heavy (non-hydrogen) atoms. The normalized spacial score (nSPS) is 58.3. The highest BCUT2D eigenvalue weighted by molar-refractivity contribution is 5.83. The average molecular weight is 414 g/mol. The van der Waals surface area contributed by atoms with Crippen LogP contribution < -0.4 is 0 Å². The Kier molecular flexibility index (Phi) is 4.75. The maximum Gasteiger partial charge on any atom is 0.136 e. The molecule has 0 unspecified atom stereocenters. The van der Waals surface area contributed by atoms with Crippen molar-refractivity contribution >= 4 is 5.78 Å². The Morgan fingerprint density at radius 1 is 0.900 bits per heavy atom. The number of carbonyl (C=O) groups excluding carboxylic acids is 1. The largest absolute Gasteiger partial charge is 0.393 e. The van der Waals surface area contributed by atoms with Gasteiger partial charge in [0.1, 0.15) is 5.78 Å². The number of fused-ring (bicyclic) bond motifs is 8. The van der Waals surface area contributed by atoms with Crippen molar-refractivity contribution in [1.29, 1.82) is 0 Å². The predicted octanol–water partition coefficient (Wildman–Crippen LogP) is 4.77. The van der Waals surface area contributed by atoms with E-state index in [9.17, 15) is 9.90 Å². The van der Waals surface area contributed by atoms with Crippen LogP contribution in [0.15, 0.2) is 0 Å². The summed E-state index contributed by atoms with van der Waals surface area (Å²) >= 11 is 0. The van der Waals surface area contributed by atoms with Crippen LogP contribution in [0, 0.1) is 58.7 Å². The number of aliphatic hydroxyl groups is 1. The number of piperidine rings is 2. The van der Waals surface area contributed by atoms with Crippen LogP contribution in [0.3, 0.4) is 0 Å². The van der Waals surface area contributed by atoms with Gasteiger partial charge < -0.3 is 5.11 Å². The Morgan fingerprint density at radius 3 is 2.53 bits per heavy atom. The molecule has 6 fully saturated rings. The number of nitrogens with zero attached hydrogens (tertiary/aromatic N) is 1. The molecule has 0 bridgehead atoms. The molecule has 12 atom stereocenters. The second-order valence-electron chi connectivity index (χ2n) is 13.0. The van der Waals surface area contributed by atoms with Gasteiger partial charge in [0.15, 0.2) is 0 Å². The Balaban J connectivity index is 1.28. The van der Waals surface area contributed by atoms with Gasteiger partial charge in [-0.25, -0.2) is 0 Å². The van der Waals surface area contributed by atoms with Gasteiger partial charge in [0.25, 0.3) is 0 Å². The van der Waals surface area contributed by atoms with Gasteiger partial charge in [-0.15, -0.1) is 0 Å². The third-order valence-electron chi connectivity index (χ3n) is 11.8. The standard InChI is InChI=1S/C27H43NO2/c1-15-4-7-25-16(2)18-5-6-19-20(22(18)14-28(25)13-15)11-23-21(19)12-26(30)24-10-17(29)8-9-27(23,24)3/h15-25,29H,4-14H2,1-3H3/t15-,16+,17-,18-,19+,20+,21-,22+,23-,24+,25-,27+/m1/s1. The van der Waals surface area contributed by atoms with E-state index in [4.69, 9.17) is 0 Å². The highest BCUT2D eigenvalue weighted by atomic mass is 16.3. The number of hydrogen-bond acceptors (Lipinski definition) is 3. The smallest absolute Gasteiger partial charge is 0.136 e. The van der Waals surface area contributed by atoms with Crippen molar-refractivity contribution in [3.8, 4) is 0 Å². The van der Waals surface area contributed by atoms with Gasteiger partial charge in [-0.3, -0.25) is 9.69 Å². The average Bonchev–Trinajstić information content (AvgIpc) is 3.09. The Labute approximate surface area is 183 Å². The van der Waals surface area contributed by atoms with Crippen LogP contribution in [0.2, 0.25) is 0 Å². The van der Waals surface area contributed by atoms with E-state index in [-0.39, 0.29) is 17.4 Å². The molecule has 2 saturated heterocycles. The molecule has 4 aliphatic carbocycles. The van der Waals surface area contributed by atoms with Crippen LogP contribution in [-0.4, -0.2) is 41.0 Å². The van der Waals surface area contributed by atoms with Crippen molar-refractivity contribution in [3.63, 3.8) is 0 Å². The van der Waals surface area contributed by atoms with E-state index in [0.717, 1.165) is 73.2 Å². The molecular weight excluding hydrogens is 370 g/mol. The molecular formula is C27H43NO2. The molecule has 3 nitrogen and oxygen atoms in total. The lowest BCUT2D eigenvalue weighted by atomic mass is 9.51. The van der Waals surface area contributed by atoms with E-state index in [2.05, 4.69) is 25.7 Å². The first-order valence-electron chi connectivity index (χ1n) is 13.3. The molecule has 0 amide bonds. The van der Waals surface area contributed by atoms with Gasteiger partial charge in [-0.05, 0) is 104 Å². The Bertz CT molecular complexity index is 705. The third kappa shape index (κ3) is 2.79. The summed E-state index contributed by atoms with van der Waals surface area (Å²) in [5, 5.41) is 10.3. The molecule has 2 aliphatic heterocycles. The lowest BCUT2D eigenvalue weighted by Gasteiger charge is -2.56. The van der Waals surface area contributed by atoms with E-state index >= 15 is 0 Å². The van der Waals surface area contributed by atoms with Gasteiger partial charge in [0.05, 0.1) is 6.10 Å². The van der Waals surface area contributed by atoms with Gasteiger partial charge in [0.2, 0.25) is 0 Å². The van der Waals surface area contributed by atoms with E-state index in [1.807, 2.05) is 0 Å². The summed E-state index contributed by atoms with van der Waals surface area (Å²) in [6, 6.07) is 0.839. The minimum Gasteiger partial charge on any atom is -0.393 e. The molecule has 0 aromatic carbocycles. The predicted molar refractivity (Wildman–Crippen MR) is 119 cm³/mol. The molecule has 1 N–H and O–H groups in total. The van der Waals surface area contributed by atoms with Gasteiger partial charge >= 0.3 is 0 Å². The van der Waals surface area contributed by atoms with E-state index < -0.39 is 0 Å². The fourth-order valence-corrected chi connectivity index (χ4v) is 10.3. The highest BCUT2D eigenvalue weighted by Crippen LogP contribution is 2.66. The number of Topliss-reactive ketones (excluding diaryl/α,β-unsaturated/α-hetero) is 1. The molecule has 4 saturated carbocycles. The SMILES string of the molecule is C[C@@H]1CC[C@@H]2[C@@H](C)[C@H]3CC[C@H]4[C@H](C[C@@H]5[C@@H]4CC(=O)[C@@H]4C[C@H](O)CC[C@@]54C)[C@H]3CN2C1.